The molecular formula is C47H47NS. The second-order valence-electron chi connectivity index (χ2n) is 16.3. The summed E-state index contributed by atoms with van der Waals surface area (Å²) in [5, 5.41) is 2.72. The summed E-state index contributed by atoms with van der Waals surface area (Å²) in [5.41, 5.74) is 8.80. The van der Waals surface area contributed by atoms with Crippen LogP contribution in [0.3, 0.4) is 0 Å². The number of hydrogen-bond donors (Lipinski definition) is 0. The van der Waals surface area contributed by atoms with Crippen LogP contribution in [0, 0.1) is 17.8 Å². The molecule has 0 saturated heterocycles. The molecule has 0 spiro atoms. The van der Waals surface area contributed by atoms with Crippen molar-refractivity contribution in [3.8, 4) is 0 Å². The SMILES string of the molecule is c1ccc(C2(c3ccc(N(c4ccc(C56CC7CC(CC(C7)C5)C6)cc4)c4ccc5c(c4)sc4ccccc45)cc3)CCCCCC2)cc1. The monoisotopic (exact) mass is 657 g/mol. The molecular weight excluding hydrogens is 611 g/mol. The molecule has 5 aliphatic rings. The number of anilines is 3. The largest absolute Gasteiger partial charge is 0.310 e. The lowest BCUT2D eigenvalue weighted by atomic mass is 9.48. The molecule has 5 fully saturated rings. The minimum absolute atomic E-state index is 0.0939. The van der Waals surface area contributed by atoms with E-state index < -0.39 is 0 Å². The smallest absolute Gasteiger partial charge is 0.0476 e. The highest BCUT2D eigenvalue weighted by Gasteiger charge is 2.51. The number of rotatable bonds is 6. The molecule has 49 heavy (non-hydrogen) atoms. The minimum atomic E-state index is 0.0939. The molecule has 1 heterocycles. The Kier molecular flexibility index (Phi) is 7.27. The topological polar surface area (TPSA) is 3.24 Å². The van der Waals surface area contributed by atoms with Crippen molar-refractivity contribution in [2.75, 3.05) is 4.90 Å². The van der Waals surface area contributed by atoms with Crippen molar-refractivity contribution in [1.29, 1.82) is 0 Å². The minimum Gasteiger partial charge on any atom is -0.310 e. The summed E-state index contributed by atoms with van der Waals surface area (Å²) in [7, 11) is 0. The van der Waals surface area contributed by atoms with Crippen molar-refractivity contribution in [3.05, 3.63) is 138 Å². The first-order chi connectivity index (χ1) is 24.2. The van der Waals surface area contributed by atoms with Gasteiger partial charge in [0, 0.05) is 42.6 Å². The molecule has 0 atom stereocenters. The third kappa shape index (κ3) is 5.08. The molecule has 0 N–H and O–H groups in total. The van der Waals surface area contributed by atoms with Crippen LogP contribution in [0.4, 0.5) is 17.1 Å². The molecule has 1 aromatic heterocycles. The molecule has 246 valence electrons. The predicted octanol–water partition coefficient (Wildman–Crippen LogP) is 13.6. The van der Waals surface area contributed by atoms with Crippen molar-refractivity contribution >= 4 is 48.6 Å². The Morgan fingerprint density at radius 3 is 1.65 bits per heavy atom. The summed E-state index contributed by atoms with van der Waals surface area (Å²) in [5.74, 6) is 2.88. The van der Waals surface area contributed by atoms with Gasteiger partial charge in [0.1, 0.15) is 0 Å². The van der Waals surface area contributed by atoms with Gasteiger partial charge < -0.3 is 4.90 Å². The molecule has 0 amide bonds. The lowest BCUT2D eigenvalue weighted by molar-refractivity contribution is -0.00518. The average molecular weight is 658 g/mol. The molecule has 6 aromatic rings. The van der Waals surface area contributed by atoms with E-state index >= 15 is 0 Å². The molecule has 5 aliphatic carbocycles. The van der Waals surface area contributed by atoms with Crippen molar-refractivity contribution in [2.45, 2.75) is 87.9 Å². The number of thiophene rings is 1. The van der Waals surface area contributed by atoms with Crippen molar-refractivity contribution in [3.63, 3.8) is 0 Å². The van der Waals surface area contributed by atoms with E-state index in [4.69, 9.17) is 0 Å². The second kappa shape index (κ2) is 11.9. The summed E-state index contributed by atoms with van der Waals surface area (Å²) >= 11 is 1.91. The van der Waals surface area contributed by atoms with Gasteiger partial charge >= 0.3 is 0 Å². The molecule has 5 saturated carbocycles. The quantitative estimate of drug-likeness (QED) is 0.161. The zero-order valence-electron chi connectivity index (χ0n) is 28.6. The van der Waals surface area contributed by atoms with E-state index in [9.17, 15) is 0 Å². The van der Waals surface area contributed by atoms with E-state index in [0.717, 1.165) is 17.8 Å². The maximum Gasteiger partial charge on any atom is 0.0476 e. The lowest BCUT2D eigenvalue weighted by Gasteiger charge is -2.57. The van der Waals surface area contributed by atoms with Gasteiger partial charge in [-0.05, 0) is 134 Å². The van der Waals surface area contributed by atoms with E-state index in [1.165, 1.54) is 125 Å². The van der Waals surface area contributed by atoms with Gasteiger partial charge in [-0.2, -0.15) is 0 Å². The molecule has 2 heteroatoms. The molecule has 4 bridgehead atoms. The van der Waals surface area contributed by atoms with Gasteiger partial charge in [-0.3, -0.25) is 0 Å². The van der Waals surface area contributed by atoms with Gasteiger partial charge in [0.2, 0.25) is 0 Å². The summed E-state index contributed by atoms with van der Waals surface area (Å²) in [6.07, 6.45) is 16.5. The fourth-order valence-corrected chi connectivity index (χ4v) is 12.6. The first kappa shape index (κ1) is 30.0. The maximum absolute atomic E-state index is 2.51. The van der Waals surface area contributed by atoms with E-state index in [1.807, 2.05) is 11.3 Å². The van der Waals surface area contributed by atoms with E-state index in [1.54, 1.807) is 5.56 Å². The fourth-order valence-electron chi connectivity index (χ4n) is 11.5. The number of nitrogens with zero attached hydrogens (tertiary/aromatic N) is 1. The first-order valence-corrected chi connectivity index (χ1v) is 20.0. The second-order valence-corrected chi connectivity index (χ2v) is 17.4. The lowest BCUT2D eigenvalue weighted by Crippen LogP contribution is -2.48. The van der Waals surface area contributed by atoms with E-state index in [0.29, 0.717) is 5.41 Å². The number of fused-ring (bicyclic) bond motifs is 3. The van der Waals surface area contributed by atoms with Gasteiger partial charge in [-0.1, -0.05) is 105 Å². The third-order valence-corrected chi connectivity index (χ3v) is 14.5. The fraction of sp³-hybridized carbons (Fsp3) is 0.362. The van der Waals surface area contributed by atoms with Gasteiger partial charge in [0.25, 0.3) is 0 Å². The zero-order valence-corrected chi connectivity index (χ0v) is 29.4. The van der Waals surface area contributed by atoms with E-state index in [2.05, 4.69) is 126 Å². The third-order valence-electron chi connectivity index (χ3n) is 13.4. The van der Waals surface area contributed by atoms with Gasteiger partial charge in [0.05, 0.1) is 0 Å². The molecule has 0 unspecified atom stereocenters. The van der Waals surface area contributed by atoms with Crippen molar-refractivity contribution < 1.29 is 0 Å². The Morgan fingerprint density at radius 2 is 1.00 bits per heavy atom. The molecule has 0 radical (unpaired) electrons. The van der Waals surface area contributed by atoms with Crippen LogP contribution < -0.4 is 4.90 Å². The summed E-state index contributed by atoms with van der Waals surface area (Å²) in [6.45, 7) is 0. The van der Waals surface area contributed by atoms with Crippen LogP contribution in [-0.4, -0.2) is 0 Å². The Balaban J connectivity index is 1.06. The van der Waals surface area contributed by atoms with Crippen LogP contribution in [0.15, 0.2) is 121 Å². The average Bonchev–Trinajstić information content (AvgIpc) is 3.31. The molecule has 1 nitrogen and oxygen atoms in total. The Hall–Kier alpha value is -3.88. The highest BCUT2D eigenvalue weighted by Crippen LogP contribution is 2.61. The molecule has 0 aliphatic heterocycles. The van der Waals surface area contributed by atoms with Crippen LogP contribution in [0.1, 0.15) is 93.7 Å². The number of benzene rings is 5. The van der Waals surface area contributed by atoms with E-state index in [-0.39, 0.29) is 5.41 Å². The summed E-state index contributed by atoms with van der Waals surface area (Å²) < 4.78 is 2.71. The Bertz CT molecular complexity index is 2060. The van der Waals surface area contributed by atoms with Crippen LogP contribution in [0.25, 0.3) is 20.2 Å². The Labute approximate surface area is 296 Å². The molecule has 11 rings (SSSR count). The van der Waals surface area contributed by atoms with Crippen LogP contribution >= 0.6 is 11.3 Å². The summed E-state index contributed by atoms with van der Waals surface area (Å²) in [6, 6.07) is 47.0. The standard InChI is InChI=1S/C47H47NS/c1-2-9-25-47(24-8-1,37-10-4-3-5-11-37)38-16-20-40(21-17-38)48(41-22-23-43-42-12-6-7-13-44(42)49-45(43)29-41)39-18-14-36(15-19-39)46-30-33-26-34(31-46)28-35(27-33)32-46/h3-7,10-23,29,33-35H,1-2,8-9,24-28,30-32H2. The van der Waals surface area contributed by atoms with Gasteiger partial charge in [-0.15, -0.1) is 11.3 Å². The van der Waals surface area contributed by atoms with Crippen LogP contribution in [0.5, 0.6) is 0 Å². The maximum atomic E-state index is 2.51. The Morgan fingerprint density at radius 1 is 0.469 bits per heavy atom. The normalized spacial score (nSPS) is 25.8. The number of hydrogen-bond acceptors (Lipinski definition) is 2. The molecule has 5 aromatic carbocycles. The zero-order chi connectivity index (χ0) is 32.4. The highest BCUT2D eigenvalue weighted by atomic mass is 32.1. The first-order valence-electron chi connectivity index (χ1n) is 19.1. The van der Waals surface area contributed by atoms with Gasteiger partial charge in [-0.25, -0.2) is 0 Å². The van der Waals surface area contributed by atoms with Gasteiger partial charge in [0.15, 0.2) is 0 Å². The van der Waals surface area contributed by atoms with Crippen LogP contribution in [0.2, 0.25) is 0 Å². The van der Waals surface area contributed by atoms with Crippen molar-refractivity contribution in [1.82, 2.24) is 0 Å². The van der Waals surface area contributed by atoms with Crippen LogP contribution in [-0.2, 0) is 10.8 Å². The summed E-state index contributed by atoms with van der Waals surface area (Å²) in [4.78, 5) is 2.51. The predicted molar refractivity (Wildman–Crippen MR) is 209 cm³/mol. The van der Waals surface area contributed by atoms with Crippen molar-refractivity contribution in [2.24, 2.45) is 17.8 Å². The highest BCUT2D eigenvalue weighted by molar-refractivity contribution is 7.25.